The Labute approximate surface area is 201 Å². The van der Waals surface area contributed by atoms with Gasteiger partial charge in [0.15, 0.2) is 0 Å². The molecule has 7 nitrogen and oxygen atoms in total. The first kappa shape index (κ1) is 26.7. The van der Waals surface area contributed by atoms with Crippen LogP contribution in [0.3, 0.4) is 0 Å². The maximum Gasteiger partial charge on any atom is 0.244 e. The van der Waals surface area contributed by atoms with Gasteiger partial charge >= 0.3 is 0 Å². The van der Waals surface area contributed by atoms with E-state index in [1.165, 1.54) is 4.90 Å². The fourth-order valence-electron chi connectivity index (χ4n) is 3.28. The number of benzene rings is 2. The molecule has 0 bridgehead atoms. The number of anilines is 1. The van der Waals surface area contributed by atoms with E-state index in [-0.39, 0.29) is 18.5 Å². The number of sulfonamides is 1. The van der Waals surface area contributed by atoms with Crippen LogP contribution in [0.15, 0.2) is 48.5 Å². The highest BCUT2D eigenvalue weighted by atomic mass is 35.5. The van der Waals surface area contributed by atoms with Crippen molar-refractivity contribution in [1.82, 2.24) is 10.2 Å². The Morgan fingerprint density at radius 1 is 1.09 bits per heavy atom. The summed E-state index contributed by atoms with van der Waals surface area (Å²) in [5, 5.41) is 3.40. The van der Waals surface area contributed by atoms with Crippen molar-refractivity contribution in [3.63, 3.8) is 0 Å². The monoisotopic (exact) mass is 493 g/mol. The molecule has 33 heavy (non-hydrogen) atoms. The highest BCUT2D eigenvalue weighted by Gasteiger charge is 2.30. The number of aryl methyl sites for hydroxylation is 1. The number of carbonyl (C=O) groups excluding carboxylic acids is 2. The van der Waals surface area contributed by atoms with Crippen molar-refractivity contribution in [2.75, 3.05) is 17.1 Å². The largest absolute Gasteiger partial charge is 0.352 e. The van der Waals surface area contributed by atoms with E-state index in [1.807, 2.05) is 26.8 Å². The van der Waals surface area contributed by atoms with Gasteiger partial charge in [0, 0.05) is 17.6 Å². The number of nitrogens with zero attached hydrogens (tertiary/aromatic N) is 2. The van der Waals surface area contributed by atoms with Crippen LogP contribution in [0.2, 0.25) is 5.02 Å². The second-order valence-corrected chi connectivity index (χ2v) is 10.6. The number of carbonyl (C=O) groups is 2. The molecule has 0 heterocycles. The number of halogens is 1. The predicted octanol–water partition coefficient (Wildman–Crippen LogP) is 3.75. The van der Waals surface area contributed by atoms with Crippen molar-refractivity contribution in [2.45, 2.75) is 52.7 Å². The first-order chi connectivity index (χ1) is 15.4. The van der Waals surface area contributed by atoms with Crippen molar-refractivity contribution in [1.29, 1.82) is 0 Å². The Morgan fingerprint density at radius 2 is 1.76 bits per heavy atom. The molecule has 0 aliphatic heterocycles. The molecule has 0 aliphatic rings. The molecule has 2 atom stereocenters. The molecule has 2 rings (SSSR count). The topological polar surface area (TPSA) is 86.8 Å². The van der Waals surface area contributed by atoms with Gasteiger partial charge in [0.25, 0.3) is 0 Å². The molecule has 0 saturated heterocycles. The van der Waals surface area contributed by atoms with Gasteiger partial charge in [0.2, 0.25) is 21.8 Å². The molecule has 1 N–H and O–H groups in total. The Morgan fingerprint density at radius 3 is 2.33 bits per heavy atom. The first-order valence-corrected chi connectivity index (χ1v) is 13.0. The van der Waals surface area contributed by atoms with Crippen LogP contribution in [0.25, 0.3) is 0 Å². The minimum absolute atomic E-state index is 0.0529. The van der Waals surface area contributed by atoms with Gasteiger partial charge in [-0.2, -0.15) is 0 Å². The molecule has 0 fully saturated rings. The van der Waals surface area contributed by atoms with Gasteiger partial charge in [-0.05, 0) is 62.6 Å². The third kappa shape index (κ3) is 7.75. The Balaban J connectivity index is 2.38. The number of nitrogens with one attached hydrogen (secondary N) is 1. The van der Waals surface area contributed by atoms with Gasteiger partial charge in [-0.25, -0.2) is 8.42 Å². The fourth-order valence-corrected chi connectivity index (χ4v) is 4.33. The average Bonchev–Trinajstić information content (AvgIpc) is 2.74. The van der Waals surface area contributed by atoms with E-state index in [9.17, 15) is 18.0 Å². The van der Waals surface area contributed by atoms with Gasteiger partial charge in [-0.3, -0.25) is 13.9 Å². The van der Waals surface area contributed by atoms with Crippen LogP contribution >= 0.6 is 11.6 Å². The van der Waals surface area contributed by atoms with Crippen molar-refractivity contribution < 1.29 is 18.0 Å². The normalized spacial score (nSPS) is 13.2. The van der Waals surface area contributed by atoms with Crippen LogP contribution in [0.1, 0.15) is 38.3 Å². The van der Waals surface area contributed by atoms with E-state index in [1.54, 1.807) is 49.4 Å². The van der Waals surface area contributed by atoms with Gasteiger partial charge < -0.3 is 10.2 Å². The summed E-state index contributed by atoms with van der Waals surface area (Å²) in [5.74, 6) is -0.796. The number of rotatable bonds is 10. The summed E-state index contributed by atoms with van der Waals surface area (Å²) in [6, 6.07) is 13.1. The minimum atomic E-state index is -3.75. The van der Waals surface area contributed by atoms with Crippen LogP contribution in [-0.4, -0.2) is 50.0 Å². The first-order valence-electron chi connectivity index (χ1n) is 10.8. The molecule has 0 spiro atoms. The molecule has 0 aromatic heterocycles. The molecule has 2 aromatic rings. The molecule has 180 valence electrons. The maximum atomic E-state index is 13.5. The molecule has 0 radical (unpaired) electrons. The van der Waals surface area contributed by atoms with E-state index in [0.29, 0.717) is 10.7 Å². The highest BCUT2D eigenvalue weighted by Crippen LogP contribution is 2.21. The highest BCUT2D eigenvalue weighted by molar-refractivity contribution is 7.92. The summed E-state index contributed by atoms with van der Waals surface area (Å²) in [6.45, 7) is 7.01. The van der Waals surface area contributed by atoms with Gasteiger partial charge in [0.1, 0.15) is 12.6 Å². The van der Waals surface area contributed by atoms with E-state index >= 15 is 0 Å². The second kappa shape index (κ2) is 11.5. The van der Waals surface area contributed by atoms with E-state index in [4.69, 9.17) is 11.6 Å². The van der Waals surface area contributed by atoms with Gasteiger partial charge in [-0.1, -0.05) is 42.8 Å². The Bertz CT molecular complexity index is 1090. The van der Waals surface area contributed by atoms with Crippen molar-refractivity contribution >= 4 is 39.1 Å². The quantitative estimate of drug-likeness (QED) is 0.546. The van der Waals surface area contributed by atoms with E-state index in [2.05, 4.69) is 5.32 Å². The van der Waals surface area contributed by atoms with Crippen molar-refractivity contribution in [3.05, 3.63) is 64.7 Å². The summed E-state index contributed by atoms with van der Waals surface area (Å²) >= 11 is 6.11. The number of amides is 2. The molecule has 9 heteroatoms. The Hall–Kier alpha value is -2.58. The van der Waals surface area contributed by atoms with Crippen LogP contribution in [0.4, 0.5) is 5.69 Å². The molecule has 2 unspecified atom stereocenters. The number of hydrogen-bond donors (Lipinski definition) is 1. The molecule has 0 saturated carbocycles. The van der Waals surface area contributed by atoms with Crippen LogP contribution in [0.5, 0.6) is 0 Å². The summed E-state index contributed by atoms with van der Waals surface area (Å²) in [5.41, 5.74) is 2.00. The third-order valence-corrected chi connectivity index (χ3v) is 6.75. The minimum Gasteiger partial charge on any atom is -0.352 e. The zero-order valence-corrected chi connectivity index (χ0v) is 21.3. The van der Waals surface area contributed by atoms with Crippen molar-refractivity contribution in [2.24, 2.45) is 0 Å². The molecular weight excluding hydrogens is 462 g/mol. The van der Waals surface area contributed by atoms with E-state index in [0.717, 1.165) is 28.1 Å². The van der Waals surface area contributed by atoms with Crippen LogP contribution in [0, 0.1) is 6.92 Å². The van der Waals surface area contributed by atoms with Gasteiger partial charge in [-0.15, -0.1) is 0 Å². The lowest BCUT2D eigenvalue weighted by Crippen LogP contribution is -2.52. The fraction of sp³-hybridized carbons (Fsp3) is 0.417. The number of hydrogen-bond acceptors (Lipinski definition) is 4. The summed E-state index contributed by atoms with van der Waals surface area (Å²) < 4.78 is 26.2. The maximum absolute atomic E-state index is 13.5. The SMILES string of the molecule is CCC(C)NC(=O)C(C)N(Cc1cccc(Cl)c1)C(=O)CN(c1cccc(C)c1)S(C)(=O)=O. The lowest BCUT2D eigenvalue weighted by Gasteiger charge is -2.32. The zero-order chi connectivity index (χ0) is 24.8. The van der Waals surface area contributed by atoms with Crippen molar-refractivity contribution in [3.8, 4) is 0 Å². The summed E-state index contributed by atoms with van der Waals surface area (Å²) in [6.07, 6.45) is 1.80. The molecule has 2 aromatic carbocycles. The van der Waals surface area contributed by atoms with Crippen LogP contribution < -0.4 is 9.62 Å². The van der Waals surface area contributed by atoms with Crippen LogP contribution in [-0.2, 0) is 26.2 Å². The Kier molecular flexibility index (Phi) is 9.31. The lowest BCUT2D eigenvalue weighted by atomic mass is 10.1. The third-order valence-electron chi connectivity index (χ3n) is 5.38. The van der Waals surface area contributed by atoms with E-state index < -0.39 is 28.5 Å². The predicted molar refractivity (Wildman–Crippen MR) is 133 cm³/mol. The van der Waals surface area contributed by atoms with Gasteiger partial charge in [0.05, 0.1) is 11.9 Å². The summed E-state index contributed by atoms with van der Waals surface area (Å²) in [4.78, 5) is 27.7. The second-order valence-electron chi connectivity index (χ2n) is 8.25. The zero-order valence-electron chi connectivity index (χ0n) is 19.7. The smallest absolute Gasteiger partial charge is 0.244 e. The lowest BCUT2D eigenvalue weighted by molar-refractivity contribution is -0.139. The standard InChI is InChI=1S/C24H32ClN3O4S/c1-6-18(3)26-24(30)19(4)27(15-20-10-8-11-21(25)14-20)23(29)16-28(33(5,31)32)22-12-7-9-17(2)13-22/h7-14,18-19H,6,15-16H2,1-5H3,(H,26,30). The average molecular weight is 494 g/mol. The molecule has 0 aliphatic carbocycles. The summed E-state index contributed by atoms with van der Waals surface area (Å²) in [7, 11) is -3.75. The molecule has 2 amide bonds. The molecular formula is C24H32ClN3O4S.